The van der Waals surface area contributed by atoms with E-state index in [9.17, 15) is 9.59 Å². The van der Waals surface area contributed by atoms with E-state index < -0.39 is 5.97 Å². The quantitative estimate of drug-likeness (QED) is 0.904. The Morgan fingerprint density at radius 3 is 2.52 bits per heavy atom. The first-order chi connectivity index (χ1) is 10.1. The Balaban J connectivity index is 2.21. The molecule has 0 aromatic heterocycles. The molecule has 0 radical (unpaired) electrons. The molecule has 112 valence electrons. The van der Waals surface area contributed by atoms with Crippen LogP contribution in [0.2, 0.25) is 0 Å². The van der Waals surface area contributed by atoms with Gasteiger partial charge in [-0.05, 0) is 42.5 Å². The van der Waals surface area contributed by atoms with Gasteiger partial charge in [0.05, 0.1) is 6.42 Å². The summed E-state index contributed by atoms with van der Waals surface area (Å²) in [7, 11) is 0. The van der Waals surface area contributed by atoms with E-state index >= 15 is 0 Å². The van der Waals surface area contributed by atoms with Crippen LogP contribution in [0, 0.1) is 0 Å². The summed E-state index contributed by atoms with van der Waals surface area (Å²) in [4.78, 5) is 25.0. The van der Waals surface area contributed by atoms with Crippen LogP contribution in [0.5, 0.6) is 0 Å². The molecule has 4 nitrogen and oxygen atoms in total. The molecule has 1 aromatic carbocycles. The van der Waals surface area contributed by atoms with Crippen molar-refractivity contribution < 1.29 is 14.7 Å². The van der Waals surface area contributed by atoms with Gasteiger partial charge in [-0.1, -0.05) is 25.1 Å². The molecule has 1 amide bonds. The minimum absolute atomic E-state index is 0.00741. The maximum Gasteiger partial charge on any atom is 0.307 e. The maximum absolute atomic E-state index is 12.4. The lowest BCUT2D eigenvalue weighted by molar-refractivity contribution is -0.135. The molecule has 0 saturated carbocycles. The van der Waals surface area contributed by atoms with Crippen LogP contribution in [0.3, 0.4) is 0 Å². The molecule has 1 aliphatic rings. The lowest BCUT2D eigenvalue weighted by Gasteiger charge is -2.16. The first-order valence-corrected chi connectivity index (χ1v) is 7.42. The van der Waals surface area contributed by atoms with Crippen LogP contribution in [0.4, 0.5) is 0 Å². The van der Waals surface area contributed by atoms with Crippen molar-refractivity contribution in [3.05, 3.63) is 41.5 Å². The summed E-state index contributed by atoms with van der Waals surface area (Å²) in [6, 6.07) is 7.49. The molecule has 1 N–H and O–H groups in total. The second-order valence-electron chi connectivity index (χ2n) is 5.26. The number of amides is 1. The van der Waals surface area contributed by atoms with Gasteiger partial charge in [-0.2, -0.15) is 0 Å². The van der Waals surface area contributed by atoms with E-state index in [0.717, 1.165) is 43.5 Å². The normalized spacial score (nSPS) is 15.3. The summed E-state index contributed by atoms with van der Waals surface area (Å²) in [6.07, 6.45) is 4.62. The molecule has 1 heterocycles. The number of carbonyl (C=O) groups is 2. The molecule has 4 heteroatoms. The molecular weight excluding hydrogens is 266 g/mol. The van der Waals surface area contributed by atoms with E-state index in [1.165, 1.54) is 0 Å². The molecule has 0 bridgehead atoms. The maximum atomic E-state index is 12.4. The number of nitrogens with zero attached hydrogens (tertiary/aromatic N) is 1. The van der Waals surface area contributed by atoms with Crippen molar-refractivity contribution in [3.63, 3.8) is 0 Å². The average Bonchev–Trinajstić information content (AvgIpc) is 3.01. The highest BCUT2D eigenvalue weighted by Gasteiger charge is 2.19. The highest BCUT2D eigenvalue weighted by Crippen LogP contribution is 2.21. The Morgan fingerprint density at radius 1 is 1.24 bits per heavy atom. The van der Waals surface area contributed by atoms with Crippen molar-refractivity contribution in [2.45, 2.75) is 32.6 Å². The topological polar surface area (TPSA) is 57.6 Å². The van der Waals surface area contributed by atoms with Crippen molar-refractivity contribution in [2.24, 2.45) is 0 Å². The van der Waals surface area contributed by atoms with Crippen molar-refractivity contribution >= 4 is 17.4 Å². The van der Waals surface area contributed by atoms with E-state index in [-0.39, 0.29) is 12.3 Å². The van der Waals surface area contributed by atoms with E-state index in [2.05, 4.69) is 0 Å². The minimum Gasteiger partial charge on any atom is -0.481 e. The van der Waals surface area contributed by atoms with E-state index in [0.29, 0.717) is 5.56 Å². The molecule has 0 spiro atoms. The number of likely N-dealkylation sites (tertiary alicyclic amines) is 1. The number of benzene rings is 1. The van der Waals surface area contributed by atoms with Crippen molar-refractivity contribution in [1.29, 1.82) is 0 Å². The van der Waals surface area contributed by atoms with Crippen molar-refractivity contribution in [3.8, 4) is 0 Å². The molecule has 0 aliphatic carbocycles. The van der Waals surface area contributed by atoms with Crippen LogP contribution in [0.15, 0.2) is 30.3 Å². The molecular formula is C17H21NO3. The number of carbonyl (C=O) groups excluding carboxylic acids is 1. The van der Waals surface area contributed by atoms with Crippen LogP contribution in [-0.2, 0) is 4.79 Å². The highest BCUT2D eigenvalue weighted by atomic mass is 16.4. The van der Waals surface area contributed by atoms with E-state index in [1.54, 1.807) is 6.08 Å². The average molecular weight is 287 g/mol. The number of carboxylic acids is 1. The zero-order valence-corrected chi connectivity index (χ0v) is 12.3. The van der Waals surface area contributed by atoms with Gasteiger partial charge in [-0.3, -0.25) is 9.59 Å². The standard InChI is InChI=1S/C17H21NO3/c1-2-13(8-9-16(19)20)14-6-5-7-15(12-14)17(21)18-10-3-4-11-18/h5-8,12H,2-4,9-11H2,1H3,(H,19,20)/b13-8+. The fraction of sp³-hybridized carbons (Fsp3) is 0.412. The van der Waals surface area contributed by atoms with Gasteiger partial charge in [0.15, 0.2) is 0 Å². The van der Waals surface area contributed by atoms with Gasteiger partial charge in [0, 0.05) is 18.7 Å². The van der Waals surface area contributed by atoms with Crippen LogP contribution >= 0.6 is 0 Å². The van der Waals surface area contributed by atoms with E-state index in [1.807, 2.05) is 36.1 Å². The molecule has 1 aliphatic heterocycles. The third-order valence-electron chi connectivity index (χ3n) is 3.78. The van der Waals surface area contributed by atoms with Gasteiger partial charge in [0.25, 0.3) is 5.91 Å². The Bertz CT molecular complexity index is 557. The summed E-state index contributed by atoms with van der Waals surface area (Å²) >= 11 is 0. The first kappa shape index (κ1) is 15.3. The molecule has 1 aromatic rings. The SMILES string of the molecule is CC/C(=C\CC(=O)O)c1cccc(C(=O)N2CCCC2)c1. The van der Waals surface area contributed by atoms with Gasteiger partial charge in [0.2, 0.25) is 0 Å². The van der Waals surface area contributed by atoms with Gasteiger partial charge >= 0.3 is 5.97 Å². The van der Waals surface area contributed by atoms with E-state index in [4.69, 9.17) is 5.11 Å². The molecule has 0 atom stereocenters. The summed E-state index contributed by atoms with van der Waals surface area (Å²) < 4.78 is 0. The first-order valence-electron chi connectivity index (χ1n) is 7.42. The number of aliphatic carboxylic acids is 1. The van der Waals surface area contributed by atoms with Crippen LogP contribution in [0.1, 0.15) is 48.5 Å². The highest BCUT2D eigenvalue weighted by molar-refractivity contribution is 5.95. The number of hydrogen-bond acceptors (Lipinski definition) is 2. The van der Waals surface area contributed by atoms with Crippen LogP contribution in [-0.4, -0.2) is 35.0 Å². The monoisotopic (exact) mass is 287 g/mol. The summed E-state index contributed by atoms with van der Waals surface area (Å²) in [6.45, 7) is 3.65. The third-order valence-corrected chi connectivity index (χ3v) is 3.78. The largest absolute Gasteiger partial charge is 0.481 e. The zero-order valence-electron chi connectivity index (χ0n) is 12.3. The predicted octanol–water partition coefficient (Wildman–Crippen LogP) is 3.19. The molecule has 0 unspecified atom stereocenters. The zero-order chi connectivity index (χ0) is 15.2. The Morgan fingerprint density at radius 2 is 1.90 bits per heavy atom. The number of rotatable bonds is 5. The Kier molecular flexibility index (Phi) is 5.14. The third kappa shape index (κ3) is 3.94. The minimum atomic E-state index is -0.842. The lowest BCUT2D eigenvalue weighted by atomic mass is 9.99. The van der Waals surface area contributed by atoms with Gasteiger partial charge in [0.1, 0.15) is 0 Å². The Labute approximate surface area is 125 Å². The summed E-state index contributed by atoms with van der Waals surface area (Å²) in [5, 5.41) is 8.79. The fourth-order valence-corrected chi connectivity index (χ4v) is 2.63. The van der Waals surface area contributed by atoms with Gasteiger partial charge < -0.3 is 10.0 Å². The fourth-order valence-electron chi connectivity index (χ4n) is 2.63. The number of hydrogen-bond donors (Lipinski definition) is 1. The molecule has 1 saturated heterocycles. The summed E-state index contributed by atoms with van der Waals surface area (Å²) in [5.41, 5.74) is 2.58. The van der Waals surface area contributed by atoms with Crippen molar-refractivity contribution in [1.82, 2.24) is 4.90 Å². The smallest absolute Gasteiger partial charge is 0.307 e. The van der Waals surface area contributed by atoms with Crippen LogP contribution < -0.4 is 0 Å². The van der Waals surface area contributed by atoms with Gasteiger partial charge in [-0.15, -0.1) is 0 Å². The van der Waals surface area contributed by atoms with Crippen LogP contribution in [0.25, 0.3) is 5.57 Å². The molecule has 21 heavy (non-hydrogen) atoms. The second-order valence-corrected chi connectivity index (χ2v) is 5.26. The predicted molar refractivity (Wildman–Crippen MR) is 82.1 cm³/mol. The summed E-state index contributed by atoms with van der Waals surface area (Å²) in [5.74, 6) is -0.770. The number of carboxylic acid groups (broad SMARTS) is 1. The second kappa shape index (κ2) is 7.07. The number of allylic oxidation sites excluding steroid dienone is 1. The molecule has 2 rings (SSSR count). The van der Waals surface area contributed by atoms with Gasteiger partial charge in [-0.25, -0.2) is 0 Å². The molecule has 1 fully saturated rings. The lowest BCUT2D eigenvalue weighted by Crippen LogP contribution is -2.27. The van der Waals surface area contributed by atoms with Crippen molar-refractivity contribution in [2.75, 3.05) is 13.1 Å². The Hall–Kier alpha value is -2.10.